The fourth-order valence-corrected chi connectivity index (χ4v) is 8.35. The Bertz CT molecular complexity index is 2010. The molecule has 16 heteroatoms. The van der Waals surface area contributed by atoms with E-state index in [-0.39, 0.29) is 23.6 Å². The van der Waals surface area contributed by atoms with Crippen LogP contribution in [0, 0.1) is 0 Å². The zero-order valence-corrected chi connectivity index (χ0v) is 27.7. The molecule has 0 bridgehead atoms. The van der Waals surface area contributed by atoms with E-state index in [1.54, 1.807) is 11.1 Å². The van der Waals surface area contributed by atoms with Gasteiger partial charge >= 0.3 is 6.18 Å². The lowest BCUT2D eigenvalue weighted by atomic mass is 10.0. The number of para-hydroxylation sites is 1. The fraction of sp³-hybridized carbons (Fsp3) is 0.394. The Morgan fingerprint density at radius 2 is 1.80 bits per heavy atom. The highest BCUT2D eigenvalue weighted by Gasteiger charge is 2.41. The molecule has 7 rings (SSSR count). The van der Waals surface area contributed by atoms with Gasteiger partial charge in [-0.2, -0.15) is 23.8 Å². The molecule has 2 saturated heterocycles. The number of carbonyl (C=O) groups excluding carboxylic acids is 1. The van der Waals surface area contributed by atoms with Crippen LogP contribution in [0.5, 0.6) is 11.6 Å². The van der Waals surface area contributed by atoms with Crippen LogP contribution in [0.25, 0.3) is 33.2 Å². The number of rotatable bonds is 7. The third kappa shape index (κ3) is 6.52. The van der Waals surface area contributed by atoms with Gasteiger partial charge in [-0.15, -0.1) is 0 Å². The van der Waals surface area contributed by atoms with Crippen LogP contribution in [-0.2, 0) is 17.5 Å². The molecule has 2 aromatic carbocycles. The molecular weight excluding hydrogens is 663 g/mol. The van der Waals surface area contributed by atoms with Gasteiger partial charge in [-0.25, -0.2) is 15.0 Å². The predicted molar refractivity (Wildman–Crippen MR) is 179 cm³/mol. The molecule has 1 amide bonds. The average Bonchev–Trinajstić information content (AvgIpc) is 3.73. The second-order valence-corrected chi connectivity index (χ2v) is 14.8. The number of halogens is 3. The number of H-pyrrole nitrogens is 1. The van der Waals surface area contributed by atoms with Gasteiger partial charge in [0.05, 0.1) is 48.2 Å². The SMILES string of the molecule is COc1ccc2nc(C(F)(F)F)n(CC(=O)N3CCN(C4CCS(O)(O)CC4)CC3c3ncc(-c4cc5ccccc5nc4OC)[nH]3)c2c1. The van der Waals surface area contributed by atoms with Gasteiger partial charge in [-0.1, -0.05) is 18.2 Å². The van der Waals surface area contributed by atoms with Crippen molar-refractivity contribution in [3.8, 4) is 22.9 Å². The van der Waals surface area contributed by atoms with Gasteiger partial charge in [0.1, 0.15) is 24.2 Å². The highest BCUT2D eigenvalue weighted by molar-refractivity contribution is 8.24. The van der Waals surface area contributed by atoms with Crippen molar-refractivity contribution in [2.45, 2.75) is 37.6 Å². The molecule has 3 N–H and O–H groups in total. The largest absolute Gasteiger partial charge is 0.497 e. The first-order chi connectivity index (χ1) is 23.4. The fourth-order valence-electron chi connectivity index (χ4n) is 6.85. The highest BCUT2D eigenvalue weighted by Crippen LogP contribution is 2.45. The number of ether oxygens (including phenoxy) is 2. The number of amides is 1. The van der Waals surface area contributed by atoms with Gasteiger partial charge in [0.2, 0.25) is 17.6 Å². The molecule has 0 saturated carbocycles. The highest BCUT2D eigenvalue weighted by atomic mass is 32.3. The second kappa shape index (κ2) is 12.8. The van der Waals surface area contributed by atoms with Crippen LogP contribution in [0.3, 0.4) is 0 Å². The normalized spacial score (nSPS) is 19.7. The number of carbonyl (C=O) groups is 1. The van der Waals surface area contributed by atoms with Crippen molar-refractivity contribution in [2.24, 2.45) is 0 Å². The Balaban J connectivity index is 1.24. The van der Waals surface area contributed by atoms with E-state index in [4.69, 9.17) is 9.47 Å². The molecule has 1 unspecified atom stereocenters. The lowest BCUT2D eigenvalue weighted by Gasteiger charge is -2.47. The predicted octanol–water partition coefficient (Wildman–Crippen LogP) is 5.81. The average molecular weight is 700 g/mol. The van der Waals surface area contributed by atoms with Crippen molar-refractivity contribution in [3.05, 3.63) is 66.4 Å². The summed E-state index contributed by atoms with van der Waals surface area (Å²) in [7, 11) is 0.344. The van der Waals surface area contributed by atoms with E-state index in [1.807, 2.05) is 30.3 Å². The smallest absolute Gasteiger partial charge is 0.449 e. The molecule has 2 aliphatic rings. The third-order valence-corrected chi connectivity index (χ3v) is 11.2. The lowest BCUT2D eigenvalue weighted by molar-refractivity contribution is -0.148. The molecule has 0 spiro atoms. The zero-order chi connectivity index (χ0) is 34.5. The summed E-state index contributed by atoms with van der Waals surface area (Å²) in [4.78, 5) is 34.4. The number of imidazole rings is 2. The monoisotopic (exact) mass is 699 g/mol. The molecule has 260 valence electrons. The molecule has 49 heavy (non-hydrogen) atoms. The molecule has 0 aliphatic carbocycles. The lowest BCUT2D eigenvalue weighted by Crippen LogP contribution is -2.55. The molecule has 5 heterocycles. The summed E-state index contributed by atoms with van der Waals surface area (Å²) in [5.41, 5.74) is 2.26. The van der Waals surface area contributed by atoms with Crippen molar-refractivity contribution in [3.63, 3.8) is 0 Å². The van der Waals surface area contributed by atoms with Gasteiger partial charge in [-0.05, 0) is 37.1 Å². The number of piperazine rings is 1. The van der Waals surface area contributed by atoms with Crippen molar-refractivity contribution in [1.82, 2.24) is 34.3 Å². The number of alkyl halides is 3. The molecule has 2 fully saturated rings. The van der Waals surface area contributed by atoms with Gasteiger partial charge < -0.3 is 23.9 Å². The Hall–Kier alpha value is -4.38. The van der Waals surface area contributed by atoms with Crippen LogP contribution in [0.15, 0.2) is 54.7 Å². The molecular formula is C33H36F3N7O5S. The van der Waals surface area contributed by atoms with E-state index in [2.05, 4.69) is 24.8 Å². The number of hydrogen-bond acceptors (Lipinski definition) is 9. The standard InChI is InChI=1S/C33H36F3N7O5S/c1-47-22-7-8-25-27(16-22)43(32(40-25)33(34,35)36)19-29(44)42-12-11-41(21-9-13-49(45,46)14-10-21)18-28(42)30-37-17-26(38-30)23-15-20-5-3-4-6-24(20)39-31(23)48-2/h3-8,15-17,21,28,45-46H,9-14,18-19H2,1-2H3,(H,37,38). The van der Waals surface area contributed by atoms with Crippen LogP contribution < -0.4 is 9.47 Å². The van der Waals surface area contributed by atoms with Crippen LogP contribution in [0.2, 0.25) is 0 Å². The molecule has 1 atom stereocenters. The van der Waals surface area contributed by atoms with E-state index in [9.17, 15) is 27.1 Å². The van der Waals surface area contributed by atoms with E-state index in [0.29, 0.717) is 66.1 Å². The van der Waals surface area contributed by atoms with Crippen molar-refractivity contribution in [1.29, 1.82) is 0 Å². The first kappa shape index (κ1) is 33.1. The summed E-state index contributed by atoms with van der Waals surface area (Å²) in [6, 6.07) is 13.4. The number of hydrogen-bond donors (Lipinski definition) is 3. The van der Waals surface area contributed by atoms with Crippen LogP contribution in [0.4, 0.5) is 13.2 Å². The van der Waals surface area contributed by atoms with E-state index in [0.717, 1.165) is 15.5 Å². The zero-order valence-electron chi connectivity index (χ0n) is 26.9. The Morgan fingerprint density at radius 1 is 1.02 bits per heavy atom. The summed E-state index contributed by atoms with van der Waals surface area (Å²) < 4.78 is 74.9. The number of aromatic amines is 1. The van der Waals surface area contributed by atoms with Gasteiger partial charge in [-0.3, -0.25) is 18.8 Å². The van der Waals surface area contributed by atoms with Gasteiger partial charge in [0.25, 0.3) is 0 Å². The Morgan fingerprint density at radius 3 is 2.53 bits per heavy atom. The molecule has 12 nitrogen and oxygen atoms in total. The van der Waals surface area contributed by atoms with Crippen molar-refractivity contribution in [2.75, 3.05) is 45.4 Å². The minimum absolute atomic E-state index is 0.0563. The summed E-state index contributed by atoms with van der Waals surface area (Å²) in [6.07, 6.45) is -1.99. The summed E-state index contributed by atoms with van der Waals surface area (Å²) >= 11 is 0. The first-order valence-electron chi connectivity index (χ1n) is 15.8. The van der Waals surface area contributed by atoms with Crippen LogP contribution in [0.1, 0.15) is 30.5 Å². The quantitative estimate of drug-likeness (QED) is 0.192. The Labute approximate surface area is 281 Å². The van der Waals surface area contributed by atoms with Crippen molar-refractivity contribution < 1.29 is 36.5 Å². The van der Waals surface area contributed by atoms with Crippen LogP contribution >= 0.6 is 10.6 Å². The number of fused-ring (bicyclic) bond motifs is 2. The first-order valence-corrected chi connectivity index (χ1v) is 17.7. The summed E-state index contributed by atoms with van der Waals surface area (Å²) in [6.45, 7) is 0.437. The third-order valence-electron chi connectivity index (χ3n) is 9.39. The van der Waals surface area contributed by atoms with Gasteiger partial charge in [0.15, 0.2) is 0 Å². The van der Waals surface area contributed by atoms with Crippen LogP contribution in [-0.4, -0.2) is 101 Å². The number of methoxy groups -OCH3 is 2. The summed E-state index contributed by atoms with van der Waals surface area (Å²) in [5.74, 6) is 0.0885. The maximum atomic E-state index is 14.2. The number of benzene rings is 2. The Kier molecular flexibility index (Phi) is 8.67. The number of aromatic nitrogens is 5. The van der Waals surface area contributed by atoms with E-state index in [1.165, 1.54) is 32.4 Å². The maximum Gasteiger partial charge on any atom is 0.449 e. The maximum absolute atomic E-state index is 14.2. The second-order valence-electron chi connectivity index (χ2n) is 12.3. The number of pyridine rings is 1. The van der Waals surface area contributed by atoms with Crippen molar-refractivity contribution >= 4 is 38.4 Å². The van der Waals surface area contributed by atoms with E-state index >= 15 is 0 Å². The summed E-state index contributed by atoms with van der Waals surface area (Å²) in [5, 5.41) is 0.892. The molecule has 0 radical (unpaired) electrons. The topological polar surface area (TPSA) is 142 Å². The molecule has 3 aromatic heterocycles. The van der Waals surface area contributed by atoms with Gasteiger partial charge in [0, 0.05) is 48.6 Å². The molecule has 5 aromatic rings. The van der Waals surface area contributed by atoms with E-state index < -0.39 is 41.1 Å². The minimum atomic E-state index is -4.80. The number of nitrogens with one attached hydrogen (secondary N) is 1. The minimum Gasteiger partial charge on any atom is -0.497 e. The number of nitrogens with zero attached hydrogens (tertiary/aromatic N) is 6. The molecule has 2 aliphatic heterocycles.